The van der Waals surface area contributed by atoms with Crippen molar-refractivity contribution < 1.29 is 24.2 Å². The second kappa shape index (κ2) is 7.05. The van der Waals surface area contributed by atoms with Gasteiger partial charge in [-0.2, -0.15) is 0 Å². The zero-order valence-corrected chi connectivity index (χ0v) is 14.4. The number of carbonyl (C=O) groups is 2. The number of likely N-dealkylation sites (tertiary alicyclic amines) is 1. The predicted octanol–water partition coefficient (Wildman–Crippen LogP) is 1.04. The molecule has 7 nitrogen and oxygen atoms in total. The number of ether oxygens (including phenoxy) is 2. The van der Waals surface area contributed by atoms with Crippen molar-refractivity contribution in [3.63, 3.8) is 0 Å². The Morgan fingerprint density at radius 2 is 2.00 bits per heavy atom. The third-order valence-corrected chi connectivity index (χ3v) is 4.36. The molecule has 0 bridgehead atoms. The highest BCUT2D eigenvalue weighted by Gasteiger charge is 2.42. The molecule has 0 unspecified atom stereocenters. The molecule has 2 N–H and O–H groups in total. The Balaban J connectivity index is 1.94. The summed E-state index contributed by atoms with van der Waals surface area (Å²) >= 11 is 0. The number of hydrogen-bond acceptors (Lipinski definition) is 5. The van der Waals surface area contributed by atoms with Crippen LogP contribution < -0.4 is 5.32 Å². The first-order chi connectivity index (χ1) is 10.7. The van der Waals surface area contributed by atoms with Crippen molar-refractivity contribution >= 4 is 12.0 Å². The maximum atomic E-state index is 12.6. The van der Waals surface area contributed by atoms with E-state index in [1.54, 1.807) is 32.8 Å². The Labute approximate surface area is 137 Å². The van der Waals surface area contributed by atoms with E-state index in [-0.39, 0.29) is 24.2 Å². The van der Waals surface area contributed by atoms with Crippen molar-refractivity contribution in [2.24, 2.45) is 0 Å². The van der Waals surface area contributed by atoms with Gasteiger partial charge in [0.05, 0.1) is 18.2 Å². The number of aliphatic hydroxyl groups is 1. The van der Waals surface area contributed by atoms with Crippen LogP contribution >= 0.6 is 0 Å². The van der Waals surface area contributed by atoms with Crippen LogP contribution in [0.25, 0.3) is 0 Å². The fourth-order valence-corrected chi connectivity index (χ4v) is 3.32. The second-order valence-corrected chi connectivity index (χ2v) is 7.33. The number of amides is 2. The average Bonchev–Trinajstić information content (AvgIpc) is 2.78. The molecule has 1 saturated heterocycles. The van der Waals surface area contributed by atoms with Gasteiger partial charge in [0.15, 0.2) is 0 Å². The minimum Gasteiger partial charge on any atom is -0.444 e. The van der Waals surface area contributed by atoms with Crippen LogP contribution in [0.3, 0.4) is 0 Å². The van der Waals surface area contributed by atoms with Gasteiger partial charge in [-0.05, 0) is 40.0 Å². The molecule has 1 saturated carbocycles. The summed E-state index contributed by atoms with van der Waals surface area (Å²) in [5, 5.41) is 12.4. The van der Waals surface area contributed by atoms with Crippen LogP contribution in [-0.2, 0) is 14.3 Å². The largest absolute Gasteiger partial charge is 0.444 e. The molecule has 1 aliphatic carbocycles. The summed E-state index contributed by atoms with van der Waals surface area (Å²) < 4.78 is 10.7. The third-order valence-electron chi connectivity index (χ3n) is 4.36. The van der Waals surface area contributed by atoms with Gasteiger partial charge in [0.25, 0.3) is 0 Å². The van der Waals surface area contributed by atoms with Crippen LogP contribution in [0.2, 0.25) is 0 Å². The quantitative estimate of drug-likeness (QED) is 0.808. The van der Waals surface area contributed by atoms with Crippen LogP contribution in [0.4, 0.5) is 4.79 Å². The number of carbonyl (C=O) groups excluding carboxylic acids is 2. The highest BCUT2D eigenvalue weighted by Crippen LogP contribution is 2.29. The first kappa shape index (κ1) is 18.0. The summed E-state index contributed by atoms with van der Waals surface area (Å²) in [6.45, 7) is 5.93. The van der Waals surface area contributed by atoms with Gasteiger partial charge < -0.3 is 24.8 Å². The van der Waals surface area contributed by atoms with E-state index in [9.17, 15) is 14.7 Å². The van der Waals surface area contributed by atoms with Gasteiger partial charge in [-0.3, -0.25) is 4.79 Å². The van der Waals surface area contributed by atoms with Gasteiger partial charge in [-0.15, -0.1) is 0 Å². The topological polar surface area (TPSA) is 88.1 Å². The minimum atomic E-state index is -0.591. The standard InChI is InChI=1S/C16H28N2O5/c1-16(2,3)23-15(21)17-11-7-8-18(14(11)20)12-6-5-10(19)9-13(12)22-4/h10-13,19H,5-9H2,1-4H3,(H,17,21)/t10-,11+,12-,13+/m1/s1. The Hall–Kier alpha value is -1.34. The summed E-state index contributed by atoms with van der Waals surface area (Å²) in [6, 6.07) is -0.587. The molecular weight excluding hydrogens is 300 g/mol. The summed E-state index contributed by atoms with van der Waals surface area (Å²) in [6.07, 6.45) is 1.37. The predicted molar refractivity (Wildman–Crippen MR) is 83.9 cm³/mol. The van der Waals surface area contributed by atoms with E-state index in [0.717, 1.165) is 0 Å². The van der Waals surface area contributed by atoms with E-state index in [0.29, 0.717) is 32.2 Å². The maximum Gasteiger partial charge on any atom is 0.408 e. The number of alkyl carbamates (subject to hydrolysis) is 1. The van der Waals surface area contributed by atoms with E-state index in [2.05, 4.69) is 5.32 Å². The molecule has 0 spiro atoms. The molecule has 4 atom stereocenters. The molecule has 1 aliphatic heterocycles. The molecular formula is C16H28N2O5. The Bertz CT molecular complexity index is 448. The highest BCUT2D eigenvalue weighted by molar-refractivity contribution is 5.87. The lowest BCUT2D eigenvalue weighted by atomic mass is 9.89. The molecule has 0 radical (unpaired) electrons. The maximum absolute atomic E-state index is 12.6. The molecule has 132 valence electrons. The number of nitrogens with zero attached hydrogens (tertiary/aromatic N) is 1. The third kappa shape index (κ3) is 4.57. The summed E-state index contributed by atoms with van der Waals surface area (Å²) in [5.74, 6) is -0.0979. The number of hydrogen-bond donors (Lipinski definition) is 2. The van der Waals surface area contributed by atoms with Crippen molar-refractivity contribution in [1.82, 2.24) is 10.2 Å². The lowest BCUT2D eigenvalue weighted by Gasteiger charge is -2.38. The zero-order valence-electron chi connectivity index (χ0n) is 14.4. The fraction of sp³-hybridized carbons (Fsp3) is 0.875. The molecule has 0 aromatic carbocycles. The summed E-state index contributed by atoms with van der Waals surface area (Å²) in [5.41, 5.74) is -0.591. The molecule has 0 aromatic rings. The van der Waals surface area contributed by atoms with Crippen LogP contribution in [0.1, 0.15) is 46.5 Å². The minimum absolute atomic E-state index is 0.0404. The van der Waals surface area contributed by atoms with Crippen molar-refractivity contribution in [2.75, 3.05) is 13.7 Å². The van der Waals surface area contributed by atoms with E-state index < -0.39 is 17.7 Å². The number of aliphatic hydroxyl groups excluding tert-OH is 1. The Kier molecular flexibility index (Phi) is 5.52. The lowest BCUT2D eigenvalue weighted by Crippen LogP contribution is -2.52. The van der Waals surface area contributed by atoms with Gasteiger partial charge in [0.2, 0.25) is 5.91 Å². The summed E-state index contributed by atoms with van der Waals surface area (Å²) in [4.78, 5) is 26.2. The van der Waals surface area contributed by atoms with Crippen LogP contribution in [-0.4, -0.2) is 65.6 Å². The lowest BCUT2D eigenvalue weighted by molar-refractivity contribution is -0.137. The Morgan fingerprint density at radius 3 is 2.61 bits per heavy atom. The number of rotatable bonds is 3. The second-order valence-electron chi connectivity index (χ2n) is 7.33. The summed E-state index contributed by atoms with van der Waals surface area (Å²) in [7, 11) is 1.60. The van der Waals surface area contributed by atoms with Gasteiger partial charge in [-0.25, -0.2) is 4.79 Å². The van der Waals surface area contributed by atoms with E-state index in [1.807, 2.05) is 0 Å². The van der Waals surface area contributed by atoms with Crippen molar-refractivity contribution in [1.29, 1.82) is 0 Å². The molecule has 2 fully saturated rings. The molecule has 0 aromatic heterocycles. The zero-order chi connectivity index (χ0) is 17.2. The first-order valence-electron chi connectivity index (χ1n) is 8.22. The highest BCUT2D eigenvalue weighted by atomic mass is 16.6. The van der Waals surface area contributed by atoms with E-state index >= 15 is 0 Å². The molecule has 23 heavy (non-hydrogen) atoms. The number of methoxy groups -OCH3 is 1. The molecule has 1 heterocycles. The van der Waals surface area contributed by atoms with Crippen LogP contribution in [0.5, 0.6) is 0 Å². The van der Waals surface area contributed by atoms with Crippen LogP contribution in [0.15, 0.2) is 0 Å². The fourth-order valence-electron chi connectivity index (χ4n) is 3.32. The molecule has 7 heteroatoms. The number of nitrogens with one attached hydrogen (secondary N) is 1. The van der Waals surface area contributed by atoms with Crippen molar-refractivity contribution in [3.8, 4) is 0 Å². The Morgan fingerprint density at radius 1 is 1.30 bits per heavy atom. The van der Waals surface area contributed by atoms with E-state index in [4.69, 9.17) is 9.47 Å². The van der Waals surface area contributed by atoms with E-state index in [1.165, 1.54) is 0 Å². The van der Waals surface area contributed by atoms with Crippen molar-refractivity contribution in [3.05, 3.63) is 0 Å². The van der Waals surface area contributed by atoms with Crippen LogP contribution in [0, 0.1) is 0 Å². The average molecular weight is 328 g/mol. The first-order valence-corrected chi connectivity index (χ1v) is 8.22. The smallest absolute Gasteiger partial charge is 0.408 e. The molecule has 2 amide bonds. The van der Waals surface area contributed by atoms with Gasteiger partial charge in [0.1, 0.15) is 11.6 Å². The normalized spacial score (nSPS) is 32.0. The SMILES string of the molecule is CO[C@H]1C[C@H](O)CC[C@H]1N1CC[C@H](NC(=O)OC(C)(C)C)C1=O. The molecule has 2 rings (SSSR count). The van der Waals surface area contributed by atoms with Crippen molar-refractivity contribution in [2.45, 2.75) is 76.3 Å². The molecule has 2 aliphatic rings. The van der Waals surface area contributed by atoms with Gasteiger partial charge in [0, 0.05) is 20.1 Å². The monoisotopic (exact) mass is 328 g/mol. The van der Waals surface area contributed by atoms with Gasteiger partial charge in [-0.1, -0.05) is 0 Å². The van der Waals surface area contributed by atoms with Gasteiger partial charge >= 0.3 is 6.09 Å².